The lowest BCUT2D eigenvalue weighted by atomic mass is 10.1. The van der Waals surface area contributed by atoms with Gasteiger partial charge in [-0.15, -0.1) is 0 Å². The van der Waals surface area contributed by atoms with Gasteiger partial charge in [-0.1, -0.05) is 13.8 Å². The zero-order valence-corrected chi connectivity index (χ0v) is 11.1. The summed E-state index contributed by atoms with van der Waals surface area (Å²) < 4.78 is 0. The van der Waals surface area contributed by atoms with Gasteiger partial charge in [-0.3, -0.25) is 9.88 Å². The van der Waals surface area contributed by atoms with E-state index in [1.165, 1.54) is 5.69 Å². The Hall–Kier alpha value is -1.09. The normalized spacial score (nSPS) is 12.9. The molecular weight excluding hydrogens is 198 g/mol. The minimum atomic E-state index is 0.384. The van der Waals surface area contributed by atoms with Crippen LogP contribution in [0.5, 0.6) is 0 Å². The second-order valence-electron chi connectivity index (χ2n) is 4.23. The molecule has 1 atom stereocenters. The Labute approximate surface area is 99.1 Å². The zero-order chi connectivity index (χ0) is 12.1. The third-order valence-corrected chi connectivity index (χ3v) is 3.07. The number of nitrogens with zero attached hydrogens (tertiary/aromatic N) is 3. The lowest BCUT2D eigenvalue weighted by Crippen LogP contribution is -2.27. The first kappa shape index (κ1) is 13.0. The van der Waals surface area contributed by atoms with Crippen LogP contribution in [-0.2, 0) is 0 Å². The fourth-order valence-electron chi connectivity index (χ4n) is 1.90. The molecule has 90 valence electrons. The van der Waals surface area contributed by atoms with Crippen molar-refractivity contribution in [2.24, 2.45) is 0 Å². The van der Waals surface area contributed by atoms with Crippen LogP contribution in [0.2, 0.25) is 0 Å². The molecule has 0 aliphatic rings. The van der Waals surface area contributed by atoms with E-state index < -0.39 is 0 Å². The average molecular weight is 221 g/mol. The Bertz CT molecular complexity index is 319. The van der Waals surface area contributed by atoms with Crippen LogP contribution in [0.15, 0.2) is 18.3 Å². The summed E-state index contributed by atoms with van der Waals surface area (Å²) in [4.78, 5) is 8.99. The Kier molecular flexibility index (Phi) is 4.74. The summed E-state index contributed by atoms with van der Waals surface area (Å²) in [5, 5.41) is 0. The molecule has 0 spiro atoms. The molecular formula is C13H23N3. The van der Waals surface area contributed by atoms with E-state index in [-0.39, 0.29) is 0 Å². The Morgan fingerprint density at radius 1 is 1.25 bits per heavy atom. The molecule has 3 nitrogen and oxygen atoms in total. The highest BCUT2D eigenvalue weighted by atomic mass is 15.2. The lowest BCUT2D eigenvalue weighted by molar-refractivity contribution is 0.230. The van der Waals surface area contributed by atoms with E-state index in [4.69, 9.17) is 0 Å². The van der Waals surface area contributed by atoms with Gasteiger partial charge in [-0.05, 0) is 32.1 Å². The standard InChI is InChI=1S/C13H23N3/c1-6-16(7-2)11(3)13-10-12(15(4)5)8-9-14-13/h8-11H,6-7H2,1-5H3. The second-order valence-corrected chi connectivity index (χ2v) is 4.23. The SMILES string of the molecule is CCN(CC)C(C)c1cc(N(C)C)ccn1. The van der Waals surface area contributed by atoms with Gasteiger partial charge in [0.15, 0.2) is 0 Å². The van der Waals surface area contributed by atoms with Crippen LogP contribution >= 0.6 is 0 Å². The highest BCUT2D eigenvalue weighted by molar-refractivity contribution is 5.45. The van der Waals surface area contributed by atoms with Crippen molar-refractivity contribution in [1.82, 2.24) is 9.88 Å². The van der Waals surface area contributed by atoms with Gasteiger partial charge in [0, 0.05) is 32.0 Å². The third-order valence-electron chi connectivity index (χ3n) is 3.07. The minimum Gasteiger partial charge on any atom is -0.378 e. The first-order valence-corrected chi connectivity index (χ1v) is 5.97. The highest BCUT2D eigenvalue weighted by Crippen LogP contribution is 2.21. The van der Waals surface area contributed by atoms with Crippen LogP contribution in [0.25, 0.3) is 0 Å². The van der Waals surface area contributed by atoms with Crippen molar-refractivity contribution in [2.45, 2.75) is 26.8 Å². The number of pyridine rings is 1. The molecule has 0 aliphatic heterocycles. The molecule has 1 unspecified atom stereocenters. The topological polar surface area (TPSA) is 19.4 Å². The van der Waals surface area contributed by atoms with Gasteiger partial charge in [0.2, 0.25) is 0 Å². The van der Waals surface area contributed by atoms with E-state index in [2.05, 4.69) is 55.7 Å². The van der Waals surface area contributed by atoms with Crippen LogP contribution < -0.4 is 4.90 Å². The molecule has 1 aromatic rings. The first-order chi connectivity index (χ1) is 7.60. The largest absolute Gasteiger partial charge is 0.378 e. The maximum absolute atomic E-state index is 4.47. The summed E-state index contributed by atoms with van der Waals surface area (Å²) in [5.74, 6) is 0. The van der Waals surface area contributed by atoms with Crippen molar-refractivity contribution in [2.75, 3.05) is 32.1 Å². The van der Waals surface area contributed by atoms with Crippen LogP contribution in [0.3, 0.4) is 0 Å². The van der Waals surface area contributed by atoms with Crippen molar-refractivity contribution >= 4 is 5.69 Å². The molecule has 0 aromatic carbocycles. The molecule has 1 heterocycles. The molecule has 0 radical (unpaired) electrons. The smallest absolute Gasteiger partial charge is 0.0593 e. The van der Waals surface area contributed by atoms with Crippen molar-refractivity contribution in [3.8, 4) is 0 Å². The number of hydrogen-bond donors (Lipinski definition) is 0. The second kappa shape index (κ2) is 5.85. The molecule has 0 N–H and O–H groups in total. The Morgan fingerprint density at radius 3 is 2.38 bits per heavy atom. The van der Waals surface area contributed by atoms with Crippen molar-refractivity contribution < 1.29 is 0 Å². The lowest BCUT2D eigenvalue weighted by Gasteiger charge is -2.26. The van der Waals surface area contributed by atoms with Gasteiger partial charge in [0.1, 0.15) is 0 Å². The maximum atomic E-state index is 4.47. The molecule has 0 saturated heterocycles. The van der Waals surface area contributed by atoms with E-state index in [9.17, 15) is 0 Å². The molecule has 0 amide bonds. The van der Waals surface area contributed by atoms with Gasteiger partial charge in [0.25, 0.3) is 0 Å². The van der Waals surface area contributed by atoms with Crippen LogP contribution in [-0.4, -0.2) is 37.1 Å². The van der Waals surface area contributed by atoms with Gasteiger partial charge in [-0.2, -0.15) is 0 Å². The first-order valence-electron chi connectivity index (χ1n) is 5.97. The summed E-state index contributed by atoms with van der Waals surface area (Å²) in [6, 6.07) is 4.59. The van der Waals surface area contributed by atoms with E-state index in [0.717, 1.165) is 18.8 Å². The molecule has 0 bridgehead atoms. The van der Waals surface area contributed by atoms with Gasteiger partial charge < -0.3 is 4.90 Å². The summed E-state index contributed by atoms with van der Waals surface area (Å²) in [5.41, 5.74) is 2.36. The number of hydrogen-bond acceptors (Lipinski definition) is 3. The molecule has 0 fully saturated rings. The summed E-state index contributed by atoms with van der Waals surface area (Å²) in [6.07, 6.45) is 1.89. The number of aromatic nitrogens is 1. The quantitative estimate of drug-likeness (QED) is 0.761. The van der Waals surface area contributed by atoms with Crippen LogP contribution in [0.4, 0.5) is 5.69 Å². The minimum absolute atomic E-state index is 0.384. The van der Waals surface area contributed by atoms with E-state index in [0.29, 0.717) is 6.04 Å². The van der Waals surface area contributed by atoms with Crippen LogP contribution in [0, 0.1) is 0 Å². The van der Waals surface area contributed by atoms with Gasteiger partial charge >= 0.3 is 0 Å². The summed E-state index contributed by atoms with van der Waals surface area (Å²) >= 11 is 0. The molecule has 1 aromatic heterocycles. The monoisotopic (exact) mass is 221 g/mol. The molecule has 1 rings (SSSR count). The van der Waals surface area contributed by atoms with Gasteiger partial charge in [-0.25, -0.2) is 0 Å². The van der Waals surface area contributed by atoms with Crippen molar-refractivity contribution in [3.63, 3.8) is 0 Å². The predicted molar refractivity (Wildman–Crippen MR) is 69.9 cm³/mol. The highest BCUT2D eigenvalue weighted by Gasteiger charge is 2.14. The van der Waals surface area contributed by atoms with E-state index in [1.54, 1.807) is 0 Å². The van der Waals surface area contributed by atoms with E-state index >= 15 is 0 Å². The van der Waals surface area contributed by atoms with Gasteiger partial charge in [0.05, 0.1) is 5.69 Å². The number of rotatable bonds is 5. The average Bonchev–Trinajstić information content (AvgIpc) is 2.30. The molecule has 0 aliphatic carbocycles. The van der Waals surface area contributed by atoms with E-state index in [1.807, 2.05) is 12.3 Å². The molecule has 3 heteroatoms. The summed E-state index contributed by atoms with van der Waals surface area (Å²) in [6.45, 7) is 8.72. The van der Waals surface area contributed by atoms with Crippen molar-refractivity contribution in [1.29, 1.82) is 0 Å². The van der Waals surface area contributed by atoms with Crippen molar-refractivity contribution in [3.05, 3.63) is 24.0 Å². The molecule has 0 saturated carbocycles. The van der Waals surface area contributed by atoms with Crippen LogP contribution in [0.1, 0.15) is 32.5 Å². The predicted octanol–water partition coefficient (Wildman–Crippen LogP) is 2.55. The summed E-state index contributed by atoms with van der Waals surface area (Å²) in [7, 11) is 4.11. The number of anilines is 1. The molecule has 16 heavy (non-hydrogen) atoms. The fourth-order valence-corrected chi connectivity index (χ4v) is 1.90. The maximum Gasteiger partial charge on any atom is 0.0593 e. The Morgan fingerprint density at radius 2 is 1.88 bits per heavy atom. The fraction of sp³-hybridized carbons (Fsp3) is 0.615. The zero-order valence-electron chi connectivity index (χ0n) is 11.1. The Balaban J connectivity index is 2.90. The third kappa shape index (κ3) is 2.95.